The van der Waals surface area contributed by atoms with Crippen LogP contribution in [0.15, 0.2) is 54.6 Å². The molecule has 0 atom stereocenters. The van der Waals surface area contributed by atoms with Crippen LogP contribution in [-0.2, 0) is 6.54 Å². The van der Waals surface area contributed by atoms with E-state index >= 15 is 0 Å². The number of carbonyl (C=O) groups excluding carboxylic acids is 2. The van der Waals surface area contributed by atoms with Crippen LogP contribution < -0.4 is 5.32 Å². The van der Waals surface area contributed by atoms with E-state index in [0.717, 1.165) is 29.0 Å². The lowest BCUT2D eigenvalue weighted by atomic mass is 10.2. The summed E-state index contributed by atoms with van der Waals surface area (Å²) in [5, 5.41) is 12.3. The van der Waals surface area contributed by atoms with Gasteiger partial charge in [0.25, 0.3) is 11.8 Å². The average molecular weight is 442 g/mol. The molecule has 1 heterocycles. The van der Waals surface area contributed by atoms with Crippen molar-refractivity contribution >= 4 is 39.8 Å². The normalized spacial score (nSPS) is 10.3. The maximum atomic E-state index is 13.2. The van der Waals surface area contributed by atoms with Crippen LogP contribution >= 0.6 is 22.9 Å². The van der Waals surface area contributed by atoms with Crippen LogP contribution in [0.1, 0.15) is 31.2 Å². The van der Waals surface area contributed by atoms with E-state index in [9.17, 15) is 14.0 Å². The zero-order valence-corrected chi connectivity index (χ0v) is 17.6. The molecule has 5 nitrogen and oxygen atoms in total. The molecule has 0 bridgehead atoms. The summed E-state index contributed by atoms with van der Waals surface area (Å²) in [6.07, 6.45) is 0. The number of nitrogens with zero attached hydrogens (tertiary/aromatic N) is 2. The average Bonchev–Trinajstić information content (AvgIpc) is 3.07. The highest BCUT2D eigenvalue weighted by Gasteiger charge is 2.22. The van der Waals surface area contributed by atoms with E-state index in [-0.39, 0.29) is 23.0 Å². The summed E-state index contributed by atoms with van der Waals surface area (Å²) in [5.74, 6) is -1.32. The molecule has 3 rings (SSSR count). The molecule has 0 saturated carbocycles. The van der Waals surface area contributed by atoms with Gasteiger partial charge in [-0.3, -0.25) is 9.59 Å². The number of nitrogens with one attached hydrogen (secondary N) is 1. The second-order valence-corrected chi connectivity index (χ2v) is 7.97. The third kappa shape index (κ3) is 5.03. The molecule has 0 aliphatic rings. The lowest BCUT2D eigenvalue weighted by Crippen LogP contribution is -2.30. The summed E-state index contributed by atoms with van der Waals surface area (Å²) in [6, 6.07) is 16.6. The molecular formula is C22H17ClFN3O2S. The van der Waals surface area contributed by atoms with Gasteiger partial charge < -0.3 is 10.2 Å². The van der Waals surface area contributed by atoms with Gasteiger partial charge in [-0.1, -0.05) is 41.9 Å². The molecule has 152 valence electrons. The summed E-state index contributed by atoms with van der Waals surface area (Å²) in [7, 11) is 0. The fraction of sp³-hybridized carbons (Fsp3) is 0.136. The maximum Gasteiger partial charge on any atom is 0.265 e. The van der Waals surface area contributed by atoms with Gasteiger partial charge >= 0.3 is 0 Å². The van der Waals surface area contributed by atoms with Crippen molar-refractivity contribution in [2.75, 3.05) is 11.9 Å². The van der Waals surface area contributed by atoms with Crippen LogP contribution in [0, 0.1) is 24.1 Å². The Bertz CT molecular complexity index is 1130. The Morgan fingerprint density at radius 3 is 2.60 bits per heavy atom. The first kappa shape index (κ1) is 21.5. The van der Waals surface area contributed by atoms with Gasteiger partial charge in [-0.2, -0.15) is 5.26 Å². The van der Waals surface area contributed by atoms with Crippen LogP contribution in [0.4, 0.5) is 9.39 Å². The molecule has 0 radical (unpaired) electrons. The third-order valence-corrected chi connectivity index (χ3v) is 5.74. The molecule has 2 aromatic carbocycles. The molecule has 2 amide bonds. The van der Waals surface area contributed by atoms with Crippen molar-refractivity contribution in [3.05, 3.63) is 87.0 Å². The minimum absolute atomic E-state index is 0.000124. The number of rotatable bonds is 6. The van der Waals surface area contributed by atoms with Crippen molar-refractivity contribution < 1.29 is 14.0 Å². The molecule has 0 spiro atoms. The Balaban J connectivity index is 1.79. The van der Waals surface area contributed by atoms with E-state index in [1.807, 2.05) is 36.4 Å². The number of carbonyl (C=O) groups is 2. The number of nitriles is 1. The van der Waals surface area contributed by atoms with E-state index in [2.05, 4.69) is 5.32 Å². The monoisotopic (exact) mass is 441 g/mol. The number of amides is 2. The van der Waals surface area contributed by atoms with Crippen molar-refractivity contribution in [2.45, 2.75) is 13.5 Å². The fourth-order valence-corrected chi connectivity index (χ4v) is 4.13. The van der Waals surface area contributed by atoms with Crippen LogP contribution in [0.5, 0.6) is 0 Å². The lowest BCUT2D eigenvalue weighted by molar-refractivity contribution is 0.0769. The van der Waals surface area contributed by atoms with Gasteiger partial charge in [-0.25, -0.2) is 4.39 Å². The number of aryl methyl sites for hydroxylation is 1. The van der Waals surface area contributed by atoms with Crippen LogP contribution in [0.25, 0.3) is 0 Å². The molecule has 0 aliphatic heterocycles. The van der Waals surface area contributed by atoms with Gasteiger partial charge in [0.15, 0.2) is 0 Å². The molecule has 8 heteroatoms. The first-order chi connectivity index (χ1) is 14.4. The zero-order chi connectivity index (χ0) is 21.7. The molecule has 30 heavy (non-hydrogen) atoms. The van der Waals surface area contributed by atoms with Crippen molar-refractivity contribution in [1.82, 2.24) is 4.90 Å². The van der Waals surface area contributed by atoms with E-state index in [4.69, 9.17) is 16.9 Å². The second-order valence-electron chi connectivity index (χ2n) is 6.51. The van der Waals surface area contributed by atoms with Gasteiger partial charge in [0.2, 0.25) is 0 Å². The highest BCUT2D eigenvalue weighted by Crippen LogP contribution is 2.29. The molecule has 1 N–H and O–H groups in total. The highest BCUT2D eigenvalue weighted by atomic mass is 35.5. The SMILES string of the molecule is Cc1cc(NC(=O)c2ccc(F)cc2Cl)sc1C(=O)N(CC#N)Cc1ccccc1. The molecule has 0 aliphatic carbocycles. The van der Waals surface area contributed by atoms with Crippen molar-refractivity contribution in [3.63, 3.8) is 0 Å². The van der Waals surface area contributed by atoms with E-state index in [0.29, 0.717) is 22.0 Å². The summed E-state index contributed by atoms with van der Waals surface area (Å²) in [4.78, 5) is 27.4. The molecular weight excluding hydrogens is 425 g/mol. The van der Waals surface area contributed by atoms with Crippen molar-refractivity contribution in [3.8, 4) is 6.07 Å². The number of halogens is 2. The van der Waals surface area contributed by atoms with Crippen LogP contribution in [-0.4, -0.2) is 23.3 Å². The summed E-state index contributed by atoms with van der Waals surface area (Å²) in [5.41, 5.74) is 1.73. The van der Waals surface area contributed by atoms with E-state index in [1.165, 1.54) is 11.0 Å². The molecule has 0 saturated heterocycles. The highest BCUT2D eigenvalue weighted by molar-refractivity contribution is 7.18. The van der Waals surface area contributed by atoms with Crippen molar-refractivity contribution in [1.29, 1.82) is 5.26 Å². The van der Waals surface area contributed by atoms with Crippen LogP contribution in [0.2, 0.25) is 5.02 Å². The standard InChI is InChI=1S/C22H17ClFN3O2S/c1-14-11-19(26-21(28)17-8-7-16(24)12-18(17)23)30-20(14)22(29)27(10-9-25)13-15-5-3-2-4-6-15/h2-8,11-12H,10,13H2,1H3,(H,26,28). The largest absolute Gasteiger partial charge is 0.320 e. The Morgan fingerprint density at radius 1 is 1.20 bits per heavy atom. The maximum absolute atomic E-state index is 13.2. The van der Waals surface area contributed by atoms with E-state index < -0.39 is 11.7 Å². The minimum atomic E-state index is -0.535. The Labute approximate surface area is 182 Å². The van der Waals surface area contributed by atoms with Crippen LogP contribution in [0.3, 0.4) is 0 Å². The summed E-state index contributed by atoms with van der Waals surface area (Å²) in [6.45, 7) is 2.01. The lowest BCUT2D eigenvalue weighted by Gasteiger charge is -2.19. The Hall–Kier alpha value is -3.21. The van der Waals surface area contributed by atoms with Crippen molar-refractivity contribution in [2.24, 2.45) is 0 Å². The number of hydrogen-bond acceptors (Lipinski definition) is 4. The first-order valence-electron chi connectivity index (χ1n) is 8.96. The van der Waals surface area contributed by atoms with E-state index in [1.54, 1.807) is 13.0 Å². The number of hydrogen-bond donors (Lipinski definition) is 1. The van der Waals surface area contributed by atoms with Gasteiger partial charge in [0.1, 0.15) is 12.4 Å². The smallest absolute Gasteiger partial charge is 0.265 e. The number of anilines is 1. The number of benzene rings is 2. The predicted octanol–water partition coefficient (Wildman–Crippen LogP) is 5.27. The molecule has 0 fully saturated rings. The molecule has 0 unspecified atom stereocenters. The topological polar surface area (TPSA) is 73.2 Å². The predicted molar refractivity (Wildman–Crippen MR) is 115 cm³/mol. The Morgan fingerprint density at radius 2 is 1.93 bits per heavy atom. The molecule has 1 aromatic heterocycles. The van der Waals surface area contributed by atoms with Gasteiger partial charge in [0.05, 0.1) is 26.5 Å². The zero-order valence-electron chi connectivity index (χ0n) is 16.0. The number of thiophene rings is 1. The molecule has 3 aromatic rings. The third-order valence-electron chi connectivity index (χ3n) is 4.29. The minimum Gasteiger partial charge on any atom is -0.320 e. The Kier molecular flexibility index (Phi) is 6.83. The van der Waals surface area contributed by atoms with Gasteiger partial charge in [-0.05, 0) is 42.3 Å². The summed E-state index contributed by atoms with van der Waals surface area (Å²) >= 11 is 7.06. The quantitative estimate of drug-likeness (QED) is 0.530. The second kappa shape index (κ2) is 9.53. The summed E-state index contributed by atoms with van der Waals surface area (Å²) < 4.78 is 13.2. The van der Waals surface area contributed by atoms with Gasteiger partial charge in [0, 0.05) is 6.54 Å². The first-order valence-corrected chi connectivity index (χ1v) is 10.2. The van der Waals surface area contributed by atoms with Gasteiger partial charge in [-0.15, -0.1) is 11.3 Å². The fourth-order valence-electron chi connectivity index (χ4n) is 2.84.